The second-order valence-corrected chi connectivity index (χ2v) is 7.25. The second kappa shape index (κ2) is 6.69. The van der Waals surface area contributed by atoms with Gasteiger partial charge in [0.15, 0.2) is 0 Å². The van der Waals surface area contributed by atoms with Crippen LogP contribution in [0.5, 0.6) is 0 Å². The van der Waals surface area contributed by atoms with Gasteiger partial charge < -0.3 is 9.73 Å². The standard InChI is InChI=1S/C13H23N3O3S/c1-10-11(2)19-13(16-10)9-15-20(17,18)8-6-12-5-3-4-7-14-12/h12,14-15H,3-9H2,1-2H3. The van der Waals surface area contributed by atoms with Crippen molar-refractivity contribution in [2.75, 3.05) is 12.3 Å². The molecular weight excluding hydrogens is 278 g/mol. The Morgan fingerprint density at radius 2 is 2.20 bits per heavy atom. The summed E-state index contributed by atoms with van der Waals surface area (Å²) in [4.78, 5) is 4.16. The van der Waals surface area contributed by atoms with Gasteiger partial charge in [0.1, 0.15) is 5.76 Å². The summed E-state index contributed by atoms with van der Waals surface area (Å²) >= 11 is 0. The highest BCUT2D eigenvalue weighted by atomic mass is 32.2. The van der Waals surface area contributed by atoms with E-state index in [9.17, 15) is 8.42 Å². The van der Waals surface area contributed by atoms with Gasteiger partial charge in [-0.3, -0.25) is 0 Å². The maximum Gasteiger partial charge on any atom is 0.212 e. The minimum atomic E-state index is -3.27. The first-order valence-electron chi connectivity index (χ1n) is 7.10. The number of hydrogen-bond donors (Lipinski definition) is 2. The lowest BCUT2D eigenvalue weighted by Crippen LogP contribution is -2.37. The number of aryl methyl sites for hydroxylation is 2. The number of oxazole rings is 1. The van der Waals surface area contributed by atoms with Gasteiger partial charge in [-0.1, -0.05) is 6.42 Å². The zero-order chi connectivity index (χ0) is 14.6. The van der Waals surface area contributed by atoms with Gasteiger partial charge >= 0.3 is 0 Å². The summed E-state index contributed by atoms with van der Waals surface area (Å²) in [6, 6.07) is 0.326. The van der Waals surface area contributed by atoms with Crippen molar-refractivity contribution in [2.24, 2.45) is 0 Å². The Balaban J connectivity index is 1.78. The molecule has 0 spiro atoms. The van der Waals surface area contributed by atoms with Crippen LogP contribution >= 0.6 is 0 Å². The molecule has 1 aliphatic rings. The molecular formula is C13H23N3O3S. The fourth-order valence-electron chi connectivity index (χ4n) is 2.33. The van der Waals surface area contributed by atoms with Crippen LogP contribution in [0.3, 0.4) is 0 Å². The molecule has 1 aliphatic heterocycles. The van der Waals surface area contributed by atoms with Gasteiger partial charge in [-0.05, 0) is 39.7 Å². The number of hydrogen-bond acceptors (Lipinski definition) is 5. The molecule has 20 heavy (non-hydrogen) atoms. The van der Waals surface area contributed by atoms with Crippen LogP contribution in [0.1, 0.15) is 43.0 Å². The van der Waals surface area contributed by atoms with Crippen LogP contribution in [0.4, 0.5) is 0 Å². The Labute approximate surface area is 120 Å². The van der Waals surface area contributed by atoms with Crippen molar-refractivity contribution in [2.45, 2.75) is 52.1 Å². The Morgan fingerprint density at radius 1 is 1.40 bits per heavy atom. The molecule has 0 saturated carbocycles. The minimum absolute atomic E-state index is 0.120. The molecule has 2 rings (SSSR count). The summed E-state index contributed by atoms with van der Waals surface area (Å²) in [5.74, 6) is 1.29. The van der Waals surface area contributed by atoms with Gasteiger partial charge in [-0.15, -0.1) is 0 Å². The van der Waals surface area contributed by atoms with Crippen LogP contribution in [0.15, 0.2) is 4.42 Å². The first-order valence-corrected chi connectivity index (χ1v) is 8.75. The van der Waals surface area contributed by atoms with Crippen LogP contribution in [0.2, 0.25) is 0 Å². The first-order chi connectivity index (χ1) is 9.46. The summed E-state index contributed by atoms with van der Waals surface area (Å²) in [6.07, 6.45) is 4.08. The van der Waals surface area contributed by atoms with E-state index in [0.717, 1.165) is 24.4 Å². The normalized spacial score (nSPS) is 20.2. The SMILES string of the molecule is Cc1nc(CNS(=O)(=O)CCC2CCCCN2)oc1C. The molecule has 1 fully saturated rings. The Morgan fingerprint density at radius 3 is 2.80 bits per heavy atom. The van der Waals surface area contributed by atoms with Gasteiger partial charge in [0.25, 0.3) is 0 Å². The minimum Gasteiger partial charge on any atom is -0.444 e. The van der Waals surface area contributed by atoms with Crippen molar-refractivity contribution in [1.29, 1.82) is 0 Å². The summed E-state index contributed by atoms with van der Waals surface area (Å²) in [7, 11) is -3.27. The summed E-state index contributed by atoms with van der Waals surface area (Å²) < 4.78 is 31.8. The van der Waals surface area contributed by atoms with Gasteiger partial charge in [-0.25, -0.2) is 18.1 Å². The average Bonchev–Trinajstić information content (AvgIpc) is 2.75. The topological polar surface area (TPSA) is 84.2 Å². The molecule has 6 nitrogen and oxygen atoms in total. The maximum absolute atomic E-state index is 11.9. The molecule has 2 N–H and O–H groups in total. The molecule has 1 aromatic rings. The molecule has 7 heteroatoms. The first kappa shape index (κ1) is 15.5. The molecule has 1 saturated heterocycles. The molecule has 0 bridgehead atoms. The zero-order valence-corrected chi connectivity index (χ0v) is 12.9. The van der Waals surface area contributed by atoms with Crippen LogP contribution in [0, 0.1) is 13.8 Å². The van der Waals surface area contributed by atoms with E-state index >= 15 is 0 Å². The van der Waals surface area contributed by atoms with Crippen molar-refractivity contribution in [1.82, 2.24) is 15.0 Å². The number of sulfonamides is 1. The van der Waals surface area contributed by atoms with Crippen molar-refractivity contribution >= 4 is 10.0 Å². The van der Waals surface area contributed by atoms with Crippen molar-refractivity contribution in [3.05, 3.63) is 17.3 Å². The molecule has 0 aliphatic carbocycles. The molecule has 0 amide bonds. The molecule has 114 valence electrons. The molecule has 1 aromatic heterocycles. The summed E-state index contributed by atoms with van der Waals surface area (Å²) in [6.45, 7) is 4.77. The average molecular weight is 301 g/mol. The third kappa shape index (κ3) is 4.57. The van der Waals surface area contributed by atoms with E-state index in [2.05, 4.69) is 15.0 Å². The second-order valence-electron chi connectivity index (χ2n) is 5.32. The monoisotopic (exact) mass is 301 g/mol. The van der Waals surface area contributed by atoms with E-state index in [0.29, 0.717) is 18.4 Å². The lowest BCUT2D eigenvalue weighted by molar-refractivity contribution is 0.392. The van der Waals surface area contributed by atoms with Crippen LogP contribution in [0.25, 0.3) is 0 Å². The van der Waals surface area contributed by atoms with E-state index in [1.54, 1.807) is 0 Å². The highest BCUT2D eigenvalue weighted by Gasteiger charge is 2.18. The predicted octanol–water partition coefficient (Wildman–Crippen LogP) is 1.24. The number of aromatic nitrogens is 1. The van der Waals surface area contributed by atoms with Gasteiger partial charge in [-0.2, -0.15) is 0 Å². The molecule has 2 heterocycles. The smallest absolute Gasteiger partial charge is 0.212 e. The lowest BCUT2D eigenvalue weighted by atomic mass is 10.0. The fourth-order valence-corrected chi connectivity index (χ4v) is 3.41. The fraction of sp³-hybridized carbons (Fsp3) is 0.769. The highest BCUT2D eigenvalue weighted by molar-refractivity contribution is 7.89. The lowest BCUT2D eigenvalue weighted by Gasteiger charge is -2.23. The Kier molecular flexibility index (Phi) is 5.17. The van der Waals surface area contributed by atoms with Gasteiger partial charge in [0.2, 0.25) is 15.9 Å². The van der Waals surface area contributed by atoms with E-state index in [1.807, 2.05) is 13.8 Å². The Bertz CT molecular complexity index is 514. The summed E-state index contributed by atoms with van der Waals surface area (Å²) in [5, 5.41) is 3.35. The third-order valence-corrected chi connectivity index (χ3v) is 5.02. The van der Waals surface area contributed by atoms with E-state index < -0.39 is 10.0 Å². The van der Waals surface area contributed by atoms with Crippen LogP contribution in [-0.2, 0) is 16.6 Å². The molecule has 0 radical (unpaired) electrons. The van der Waals surface area contributed by atoms with E-state index in [1.165, 1.54) is 12.8 Å². The quantitative estimate of drug-likeness (QED) is 0.826. The Hall–Kier alpha value is -0.920. The molecule has 1 atom stereocenters. The van der Waals surface area contributed by atoms with Crippen molar-refractivity contribution in [3.63, 3.8) is 0 Å². The summed E-state index contributed by atoms with van der Waals surface area (Å²) in [5.41, 5.74) is 0.797. The van der Waals surface area contributed by atoms with E-state index in [4.69, 9.17) is 4.42 Å². The highest BCUT2D eigenvalue weighted by Crippen LogP contribution is 2.11. The number of nitrogens with zero attached hydrogens (tertiary/aromatic N) is 1. The van der Waals surface area contributed by atoms with Crippen molar-refractivity contribution in [3.8, 4) is 0 Å². The molecule has 0 aromatic carbocycles. The van der Waals surface area contributed by atoms with Crippen molar-refractivity contribution < 1.29 is 12.8 Å². The van der Waals surface area contributed by atoms with Crippen LogP contribution < -0.4 is 10.0 Å². The maximum atomic E-state index is 11.9. The third-order valence-electron chi connectivity index (χ3n) is 3.66. The molecule has 1 unspecified atom stereocenters. The number of rotatable bonds is 6. The van der Waals surface area contributed by atoms with E-state index in [-0.39, 0.29) is 12.3 Å². The van der Waals surface area contributed by atoms with Crippen LogP contribution in [-0.4, -0.2) is 31.7 Å². The van der Waals surface area contributed by atoms with Gasteiger partial charge in [0, 0.05) is 6.04 Å². The number of piperidine rings is 1. The van der Waals surface area contributed by atoms with Gasteiger partial charge in [0.05, 0.1) is 18.0 Å². The predicted molar refractivity (Wildman–Crippen MR) is 76.9 cm³/mol. The number of nitrogens with one attached hydrogen (secondary N) is 2. The largest absolute Gasteiger partial charge is 0.444 e. The zero-order valence-electron chi connectivity index (χ0n) is 12.1.